The second kappa shape index (κ2) is 5.17. The average molecular weight is 248 g/mol. The molecule has 0 N–H and O–H groups in total. The average Bonchev–Trinajstić information content (AvgIpc) is 2.69. The molecule has 0 bridgehead atoms. The number of hydrogen-bond donors (Lipinski definition) is 0. The summed E-state index contributed by atoms with van der Waals surface area (Å²) in [6.07, 6.45) is 3.25. The Morgan fingerprint density at radius 1 is 1.25 bits per heavy atom. The number of ether oxygens (including phenoxy) is 1. The highest BCUT2D eigenvalue weighted by Gasteiger charge is 2.42. The van der Waals surface area contributed by atoms with Crippen LogP contribution in [0.4, 0.5) is 0 Å². The van der Waals surface area contributed by atoms with E-state index in [0.717, 1.165) is 12.8 Å². The van der Waals surface area contributed by atoms with E-state index in [4.69, 9.17) is 0 Å². The summed E-state index contributed by atoms with van der Waals surface area (Å²) in [5, 5.41) is -1.35. The number of carbonyl (C=O) groups excluding carboxylic acids is 1. The van der Waals surface area contributed by atoms with Crippen LogP contribution in [0.1, 0.15) is 39.5 Å². The minimum absolute atomic E-state index is 0.238. The number of rotatable bonds is 4. The molecule has 0 saturated heterocycles. The van der Waals surface area contributed by atoms with Gasteiger partial charge in [0.2, 0.25) is 0 Å². The lowest BCUT2D eigenvalue weighted by Crippen LogP contribution is -2.41. The third-order valence-electron chi connectivity index (χ3n) is 3.16. The summed E-state index contributed by atoms with van der Waals surface area (Å²) in [6.45, 7) is 3.49. The van der Waals surface area contributed by atoms with Gasteiger partial charge >= 0.3 is 5.97 Å². The maximum Gasteiger partial charge on any atom is 0.324 e. The molecule has 1 unspecified atom stereocenters. The van der Waals surface area contributed by atoms with E-state index in [-0.39, 0.29) is 11.2 Å². The molecule has 5 heteroatoms. The minimum Gasteiger partial charge on any atom is -0.468 e. The number of hydrogen-bond acceptors (Lipinski definition) is 4. The first-order valence-electron chi connectivity index (χ1n) is 5.71. The maximum atomic E-state index is 12.3. The van der Waals surface area contributed by atoms with Gasteiger partial charge in [0.15, 0.2) is 15.1 Å². The van der Waals surface area contributed by atoms with Gasteiger partial charge in [-0.3, -0.25) is 4.79 Å². The van der Waals surface area contributed by atoms with E-state index in [1.165, 1.54) is 7.11 Å². The summed E-state index contributed by atoms with van der Waals surface area (Å²) in [7, 11) is -2.15. The Kier molecular flexibility index (Phi) is 4.35. The molecule has 4 nitrogen and oxygen atoms in total. The zero-order valence-corrected chi connectivity index (χ0v) is 10.9. The van der Waals surface area contributed by atoms with E-state index >= 15 is 0 Å². The van der Waals surface area contributed by atoms with Crippen LogP contribution in [-0.2, 0) is 19.4 Å². The zero-order valence-electron chi connectivity index (χ0n) is 10.1. The van der Waals surface area contributed by atoms with E-state index in [0.29, 0.717) is 12.8 Å². The highest BCUT2D eigenvalue weighted by atomic mass is 32.2. The lowest BCUT2D eigenvalue weighted by atomic mass is 10.1. The fraction of sp³-hybridized carbons (Fsp3) is 0.909. The van der Waals surface area contributed by atoms with Crippen molar-refractivity contribution in [1.82, 2.24) is 0 Å². The largest absolute Gasteiger partial charge is 0.468 e. The molecule has 0 heterocycles. The van der Waals surface area contributed by atoms with Gasteiger partial charge < -0.3 is 4.74 Å². The molecule has 16 heavy (non-hydrogen) atoms. The van der Waals surface area contributed by atoms with Crippen LogP contribution in [-0.4, -0.2) is 32.0 Å². The van der Waals surface area contributed by atoms with Crippen LogP contribution in [0.2, 0.25) is 0 Å². The Bertz CT molecular complexity index is 339. The van der Waals surface area contributed by atoms with Gasteiger partial charge in [0, 0.05) is 0 Å². The predicted octanol–water partition coefficient (Wildman–Crippen LogP) is 1.54. The molecule has 1 aliphatic rings. The number of carbonyl (C=O) groups is 1. The Labute approximate surface area is 97.3 Å². The highest BCUT2D eigenvalue weighted by molar-refractivity contribution is 7.93. The van der Waals surface area contributed by atoms with Crippen LogP contribution in [0.15, 0.2) is 0 Å². The maximum absolute atomic E-state index is 12.3. The van der Waals surface area contributed by atoms with Gasteiger partial charge in [0.25, 0.3) is 0 Å². The molecular formula is C11H20O4S. The van der Waals surface area contributed by atoms with Gasteiger partial charge in [-0.15, -0.1) is 0 Å². The van der Waals surface area contributed by atoms with Crippen LogP contribution in [0.25, 0.3) is 0 Å². The van der Waals surface area contributed by atoms with Gasteiger partial charge in [-0.2, -0.15) is 0 Å². The third-order valence-corrected chi connectivity index (χ3v) is 6.01. The van der Waals surface area contributed by atoms with E-state index < -0.39 is 21.1 Å². The van der Waals surface area contributed by atoms with Crippen LogP contribution in [0.5, 0.6) is 0 Å². The van der Waals surface area contributed by atoms with Gasteiger partial charge in [0.05, 0.1) is 12.4 Å². The van der Waals surface area contributed by atoms with Crippen molar-refractivity contribution >= 4 is 15.8 Å². The summed E-state index contributed by atoms with van der Waals surface area (Å²) in [6, 6.07) is 0. The van der Waals surface area contributed by atoms with Crippen LogP contribution in [0, 0.1) is 5.92 Å². The monoisotopic (exact) mass is 248 g/mol. The Balaban J connectivity index is 2.96. The van der Waals surface area contributed by atoms with Gasteiger partial charge in [-0.05, 0) is 18.8 Å². The molecule has 0 aliphatic heterocycles. The first kappa shape index (κ1) is 13.5. The fourth-order valence-corrected chi connectivity index (χ4v) is 4.85. The molecule has 0 amide bonds. The second-order valence-corrected chi connectivity index (χ2v) is 7.04. The van der Waals surface area contributed by atoms with Crippen LogP contribution in [0.3, 0.4) is 0 Å². The lowest BCUT2D eigenvalue weighted by molar-refractivity contribution is -0.140. The van der Waals surface area contributed by atoms with Crippen molar-refractivity contribution < 1.29 is 17.9 Å². The standard InChI is InChI=1S/C11H20O4S/c1-8(2)10(11(12)15-3)16(13,14)9-6-4-5-7-9/h8-10H,4-7H2,1-3H3. The molecule has 94 valence electrons. The predicted molar refractivity (Wildman–Crippen MR) is 61.8 cm³/mol. The fourth-order valence-electron chi connectivity index (χ4n) is 2.33. The third kappa shape index (κ3) is 2.56. The molecule has 0 radical (unpaired) electrons. The topological polar surface area (TPSA) is 60.4 Å². The molecule has 0 spiro atoms. The second-order valence-electron chi connectivity index (χ2n) is 4.68. The van der Waals surface area contributed by atoms with Crippen LogP contribution >= 0.6 is 0 Å². The molecule has 1 fully saturated rings. The van der Waals surface area contributed by atoms with Crippen molar-refractivity contribution in [3.63, 3.8) is 0 Å². The molecule has 0 aromatic rings. The van der Waals surface area contributed by atoms with Crippen molar-refractivity contribution in [2.24, 2.45) is 5.92 Å². The summed E-state index contributed by atoms with van der Waals surface area (Å²) in [4.78, 5) is 11.6. The molecule has 0 aromatic heterocycles. The highest BCUT2D eigenvalue weighted by Crippen LogP contribution is 2.30. The summed E-state index contributed by atoms with van der Waals surface area (Å²) in [5.41, 5.74) is 0. The smallest absolute Gasteiger partial charge is 0.324 e. The van der Waals surface area contributed by atoms with Crippen molar-refractivity contribution in [3.8, 4) is 0 Å². The Morgan fingerprint density at radius 3 is 2.12 bits per heavy atom. The molecule has 0 aromatic carbocycles. The molecular weight excluding hydrogens is 228 g/mol. The summed E-state index contributed by atoms with van der Waals surface area (Å²) >= 11 is 0. The molecule has 1 aliphatic carbocycles. The molecule has 1 atom stereocenters. The number of sulfone groups is 1. The Hall–Kier alpha value is -0.580. The summed E-state index contributed by atoms with van der Waals surface area (Å²) in [5.74, 6) is -0.861. The van der Waals surface area contributed by atoms with Crippen molar-refractivity contribution in [2.45, 2.75) is 50.0 Å². The SMILES string of the molecule is COC(=O)C(C(C)C)S(=O)(=O)C1CCCC1. The molecule has 1 rings (SSSR count). The van der Waals surface area contributed by atoms with Gasteiger partial charge in [0.1, 0.15) is 0 Å². The lowest BCUT2D eigenvalue weighted by Gasteiger charge is -2.22. The van der Waals surface area contributed by atoms with Crippen molar-refractivity contribution in [3.05, 3.63) is 0 Å². The molecule has 1 saturated carbocycles. The Morgan fingerprint density at radius 2 is 1.75 bits per heavy atom. The number of methoxy groups -OCH3 is 1. The quantitative estimate of drug-likeness (QED) is 0.708. The number of esters is 1. The first-order valence-corrected chi connectivity index (χ1v) is 7.32. The first-order chi connectivity index (χ1) is 7.41. The van der Waals surface area contributed by atoms with E-state index in [9.17, 15) is 13.2 Å². The summed E-state index contributed by atoms with van der Waals surface area (Å²) < 4.78 is 29.1. The van der Waals surface area contributed by atoms with Gasteiger partial charge in [-0.1, -0.05) is 26.7 Å². The van der Waals surface area contributed by atoms with E-state index in [2.05, 4.69) is 4.74 Å². The van der Waals surface area contributed by atoms with Gasteiger partial charge in [-0.25, -0.2) is 8.42 Å². The zero-order chi connectivity index (χ0) is 12.3. The minimum atomic E-state index is -3.39. The normalized spacial score (nSPS) is 20.0. The van der Waals surface area contributed by atoms with E-state index in [1.54, 1.807) is 13.8 Å². The van der Waals surface area contributed by atoms with E-state index in [1.807, 2.05) is 0 Å². The van der Waals surface area contributed by atoms with Crippen molar-refractivity contribution in [1.29, 1.82) is 0 Å². The van der Waals surface area contributed by atoms with Crippen molar-refractivity contribution in [2.75, 3.05) is 7.11 Å². The van der Waals surface area contributed by atoms with Crippen LogP contribution < -0.4 is 0 Å².